The largest absolute Gasteiger partial charge is 0.396 e. The Hall–Kier alpha value is -0.570. The van der Waals surface area contributed by atoms with E-state index < -0.39 is 0 Å². The molecule has 0 saturated heterocycles. The van der Waals surface area contributed by atoms with Gasteiger partial charge >= 0.3 is 0 Å². The number of benzene rings is 1. The van der Waals surface area contributed by atoms with E-state index >= 15 is 0 Å². The third kappa shape index (κ3) is 4.52. The van der Waals surface area contributed by atoms with Crippen LogP contribution in [0.4, 0.5) is 0 Å². The molecule has 0 aliphatic heterocycles. The van der Waals surface area contributed by atoms with Gasteiger partial charge in [0.2, 0.25) is 0 Å². The molecule has 2 nitrogen and oxygen atoms in total. The Morgan fingerprint density at radius 3 is 2.12 bits per heavy atom. The van der Waals surface area contributed by atoms with Crippen molar-refractivity contribution in [3.8, 4) is 0 Å². The second kappa shape index (κ2) is 8.57. The van der Waals surface area contributed by atoms with Crippen LogP contribution in [0.3, 0.4) is 0 Å². The Morgan fingerprint density at radius 1 is 1.12 bits per heavy atom. The third-order valence-electron chi connectivity index (χ3n) is 2.86. The zero-order chi connectivity index (χ0) is 11.1. The molecule has 0 spiro atoms. The first kappa shape index (κ1) is 15.4. The molecule has 0 amide bonds. The molecule has 1 atom stereocenters. The molecule has 1 aromatic carbocycles. The highest BCUT2D eigenvalue weighted by atomic mass is 35.5. The summed E-state index contributed by atoms with van der Waals surface area (Å²) in [5.74, 6) is 0.242. The zero-order valence-electron chi connectivity index (χ0n) is 10.1. The van der Waals surface area contributed by atoms with Gasteiger partial charge in [-0.1, -0.05) is 44.2 Å². The van der Waals surface area contributed by atoms with Crippen LogP contribution in [0.5, 0.6) is 0 Å². The van der Waals surface area contributed by atoms with Crippen molar-refractivity contribution < 1.29 is 5.11 Å². The first-order valence-electron chi connectivity index (χ1n) is 5.69. The van der Waals surface area contributed by atoms with Crippen molar-refractivity contribution in [3.63, 3.8) is 0 Å². The minimum atomic E-state index is 0. The van der Waals surface area contributed by atoms with Crippen molar-refractivity contribution in [2.75, 3.05) is 26.2 Å². The molecule has 0 radical (unpaired) electrons. The molecule has 1 rings (SSSR count). The van der Waals surface area contributed by atoms with Crippen LogP contribution < -0.4 is 0 Å². The first-order chi connectivity index (χ1) is 7.31. The molecule has 0 bridgehead atoms. The van der Waals surface area contributed by atoms with Gasteiger partial charge in [-0.25, -0.2) is 0 Å². The van der Waals surface area contributed by atoms with Crippen molar-refractivity contribution in [2.45, 2.75) is 19.8 Å². The minimum absolute atomic E-state index is 0. The van der Waals surface area contributed by atoms with Gasteiger partial charge in [0.15, 0.2) is 0 Å². The SMILES string of the molecule is CCN(CC)CC(CO)c1ccccc1.Cl. The van der Waals surface area contributed by atoms with Crippen molar-refractivity contribution in [2.24, 2.45) is 0 Å². The summed E-state index contributed by atoms with van der Waals surface area (Å²) < 4.78 is 0. The lowest BCUT2D eigenvalue weighted by atomic mass is 9.99. The Kier molecular flexibility index (Phi) is 8.26. The van der Waals surface area contributed by atoms with Gasteiger partial charge in [-0.3, -0.25) is 0 Å². The van der Waals surface area contributed by atoms with E-state index in [0.717, 1.165) is 19.6 Å². The average molecular weight is 244 g/mol. The molecule has 1 N–H and O–H groups in total. The van der Waals surface area contributed by atoms with Crippen molar-refractivity contribution >= 4 is 12.4 Å². The molecule has 0 aromatic heterocycles. The molecular formula is C13H22ClNO. The lowest BCUT2D eigenvalue weighted by Crippen LogP contribution is -2.29. The lowest BCUT2D eigenvalue weighted by Gasteiger charge is -2.24. The van der Waals surface area contributed by atoms with Gasteiger partial charge in [-0.15, -0.1) is 12.4 Å². The molecule has 16 heavy (non-hydrogen) atoms. The van der Waals surface area contributed by atoms with Gasteiger partial charge < -0.3 is 10.0 Å². The molecule has 1 unspecified atom stereocenters. The van der Waals surface area contributed by atoms with Crippen molar-refractivity contribution in [3.05, 3.63) is 35.9 Å². The van der Waals surface area contributed by atoms with E-state index in [1.807, 2.05) is 18.2 Å². The Balaban J connectivity index is 0.00000225. The van der Waals surface area contributed by atoms with Crippen LogP contribution in [0.15, 0.2) is 30.3 Å². The quantitative estimate of drug-likeness (QED) is 0.830. The van der Waals surface area contributed by atoms with E-state index in [-0.39, 0.29) is 24.9 Å². The minimum Gasteiger partial charge on any atom is -0.396 e. The van der Waals surface area contributed by atoms with Crippen LogP contribution in [-0.2, 0) is 0 Å². The molecule has 92 valence electrons. The summed E-state index contributed by atoms with van der Waals surface area (Å²) in [7, 11) is 0. The molecular weight excluding hydrogens is 222 g/mol. The number of hydrogen-bond acceptors (Lipinski definition) is 2. The van der Waals surface area contributed by atoms with E-state index in [1.54, 1.807) is 0 Å². The van der Waals surface area contributed by atoms with Crippen LogP contribution in [0, 0.1) is 0 Å². The van der Waals surface area contributed by atoms with Crippen LogP contribution >= 0.6 is 12.4 Å². The van der Waals surface area contributed by atoms with Crippen LogP contribution in [0.2, 0.25) is 0 Å². The summed E-state index contributed by atoms with van der Waals surface area (Å²) in [4.78, 5) is 2.34. The number of aliphatic hydroxyl groups excluding tert-OH is 1. The summed E-state index contributed by atoms with van der Waals surface area (Å²) in [6, 6.07) is 10.2. The number of halogens is 1. The number of likely N-dealkylation sites (N-methyl/N-ethyl adjacent to an activating group) is 1. The molecule has 3 heteroatoms. The van der Waals surface area contributed by atoms with Crippen molar-refractivity contribution in [1.29, 1.82) is 0 Å². The van der Waals surface area contributed by atoms with Crippen molar-refractivity contribution in [1.82, 2.24) is 4.90 Å². The average Bonchev–Trinajstić information content (AvgIpc) is 2.32. The highest BCUT2D eigenvalue weighted by Gasteiger charge is 2.12. The fraction of sp³-hybridized carbons (Fsp3) is 0.538. The van der Waals surface area contributed by atoms with E-state index in [2.05, 4.69) is 30.9 Å². The summed E-state index contributed by atoms with van der Waals surface area (Å²) >= 11 is 0. The van der Waals surface area contributed by atoms with Gasteiger partial charge in [-0.2, -0.15) is 0 Å². The van der Waals surface area contributed by atoms with Crippen LogP contribution in [0.25, 0.3) is 0 Å². The first-order valence-corrected chi connectivity index (χ1v) is 5.69. The molecule has 0 fully saturated rings. The van der Waals surface area contributed by atoms with Crippen LogP contribution in [0.1, 0.15) is 25.3 Å². The van der Waals surface area contributed by atoms with Gasteiger partial charge in [0, 0.05) is 12.5 Å². The molecule has 0 aliphatic rings. The summed E-state index contributed by atoms with van der Waals surface area (Å²) in [6.07, 6.45) is 0. The number of nitrogens with zero attached hydrogens (tertiary/aromatic N) is 1. The zero-order valence-corrected chi connectivity index (χ0v) is 10.9. The van der Waals surface area contributed by atoms with Gasteiger partial charge in [-0.05, 0) is 18.7 Å². The smallest absolute Gasteiger partial charge is 0.0512 e. The monoisotopic (exact) mass is 243 g/mol. The highest BCUT2D eigenvalue weighted by molar-refractivity contribution is 5.85. The Bertz CT molecular complexity index is 262. The van der Waals surface area contributed by atoms with Gasteiger partial charge in [0.1, 0.15) is 0 Å². The van der Waals surface area contributed by atoms with E-state index in [9.17, 15) is 5.11 Å². The maximum Gasteiger partial charge on any atom is 0.0512 e. The summed E-state index contributed by atoms with van der Waals surface area (Å²) in [5.41, 5.74) is 1.23. The van der Waals surface area contributed by atoms with Gasteiger partial charge in [0.25, 0.3) is 0 Å². The van der Waals surface area contributed by atoms with E-state index in [4.69, 9.17) is 0 Å². The Morgan fingerprint density at radius 2 is 1.69 bits per heavy atom. The van der Waals surface area contributed by atoms with Gasteiger partial charge in [0.05, 0.1) is 6.61 Å². The number of hydrogen-bond donors (Lipinski definition) is 1. The van der Waals surface area contributed by atoms with E-state index in [1.165, 1.54) is 5.56 Å². The predicted octanol–water partition coefficient (Wildman–Crippen LogP) is 2.53. The Labute approximate surface area is 105 Å². The summed E-state index contributed by atoms with van der Waals surface area (Å²) in [5, 5.41) is 9.39. The number of rotatable bonds is 6. The maximum absolute atomic E-state index is 9.39. The second-order valence-corrected chi connectivity index (χ2v) is 3.78. The molecule has 0 heterocycles. The third-order valence-corrected chi connectivity index (χ3v) is 2.86. The fourth-order valence-electron chi connectivity index (χ4n) is 1.79. The highest BCUT2D eigenvalue weighted by Crippen LogP contribution is 2.16. The van der Waals surface area contributed by atoms with E-state index in [0.29, 0.717) is 0 Å². The normalized spacial score (nSPS) is 12.2. The number of aliphatic hydroxyl groups is 1. The van der Waals surface area contributed by atoms with Crippen LogP contribution in [-0.4, -0.2) is 36.2 Å². The second-order valence-electron chi connectivity index (χ2n) is 3.78. The predicted molar refractivity (Wildman–Crippen MR) is 71.3 cm³/mol. The summed E-state index contributed by atoms with van der Waals surface area (Å²) in [6.45, 7) is 7.56. The lowest BCUT2D eigenvalue weighted by molar-refractivity contribution is 0.210. The fourth-order valence-corrected chi connectivity index (χ4v) is 1.79. The molecule has 0 saturated carbocycles. The topological polar surface area (TPSA) is 23.5 Å². The standard InChI is InChI=1S/C13H21NO.ClH/c1-3-14(4-2)10-13(11-15)12-8-6-5-7-9-12;/h5-9,13,15H,3-4,10-11H2,1-2H3;1H. The molecule has 0 aliphatic carbocycles. The molecule has 1 aromatic rings. The maximum atomic E-state index is 9.39.